The van der Waals surface area contributed by atoms with E-state index in [1.165, 1.54) is 25.7 Å². The van der Waals surface area contributed by atoms with Crippen LogP contribution in [0.15, 0.2) is 0 Å². The Labute approximate surface area is 92.8 Å². The molecule has 0 radical (unpaired) electrons. The Morgan fingerprint density at radius 3 is 2.60 bits per heavy atom. The van der Waals surface area contributed by atoms with Crippen molar-refractivity contribution < 1.29 is 4.79 Å². The first-order valence-electron chi connectivity index (χ1n) is 6.13. The Morgan fingerprint density at radius 1 is 1.47 bits per heavy atom. The molecular formula is C12H24N2O. The molecule has 0 aromatic heterocycles. The van der Waals surface area contributed by atoms with Gasteiger partial charge in [0.15, 0.2) is 0 Å². The monoisotopic (exact) mass is 212 g/mol. The van der Waals surface area contributed by atoms with Crippen LogP contribution in [0.1, 0.15) is 52.4 Å². The predicted molar refractivity (Wildman–Crippen MR) is 62.5 cm³/mol. The molecule has 1 aliphatic carbocycles. The van der Waals surface area contributed by atoms with Crippen molar-refractivity contribution in [1.29, 1.82) is 0 Å². The Bertz CT molecular complexity index is 214. The Hall–Kier alpha value is -0.570. The second kappa shape index (κ2) is 5.50. The molecule has 1 amide bonds. The lowest BCUT2D eigenvalue weighted by atomic mass is 9.93. The van der Waals surface area contributed by atoms with Crippen molar-refractivity contribution in [1.82, 2.24) is 5.32 Å². The summed E-state index contributed by atoms with van der Waals surface area (Å²) in [6.45, 7) is 5.05. The molecule has 3 heteroatoms. The van der Waals surface area contributed by atoms with Crippen molar-refractivity contribution in [3.05, 3.63) is 0 Å². The number of rotatable bonds is 8. The fourth-order valence-electron chi connectivity index (χ4n) is 1.72. The topological polar surface area (TPSA) is 55.1 Å². The first kappa shape index (κ1) is 12.5. The molecule has 0 aromatic rings. The van der Waals surface area contributed by atoms with E-state index >= 15 is 0 Å². The van der Waals surface area contributed by atoms with Crippen LogP contribution in [0.5, 0.6) is 0 Å². The molecule has 0 aromatic carbocycles. The second-order valence-electron chi connectivity index (χ2n) is 4.98. The highest BCUT2D eigenvalue weighted by atomic mass is 16.1. The van der Waals surface area contributed by atoms with Gasteiger partial charge < -0.3 is 11.1 Å². The summed E-state index contributed by atoms with van der Waals surface area (Å²) in [6.07, 6.45) is 6.90. The lowest BCUT2D eigenvalue weighted by molar-refractivity contribution is -0.124. The maximum absolute atomic E-state index is 11.4. The molecule has 1 fully saturated rings. The van der Waals surface area contributed by atoms with E-state index in [4.69, 9.17) is 5.73 Å². The molecule has 1 unspecified atom stereocenters. The van der Waals surface area contributed by atoms with Gasteiger partial charge in [0.05, 0.1) is 5.54 Å². The van der Waals surface area contributed by atoms with Crippen LogP contribution in [-0.4, -0.2) is 18.0 Å². The van der Waals surface area contributed by atoms with E-state index in [2.05, 4.69) is 12.2 Å². The number of carbonyl (C=O) groups excluding carboxylic acids is 1. The van der Waals surface area contributed by atoms with Crippen molar-refractivity contribution in [3.8, 4) is 0 Å². The van der Waals surface area contributed by atoms with Crippen molar-refractivity contribution in [3.63, 3.8) is 0 Å². The molecule has 1 rings (SSSR count). The highest BCUT2D eigenvalue weighted by Crippen LogP contribution is 2.28. The van der Waals surface area contributed by atoms with Gasteiger partial charge in [-0.1, -0.05) is 26.2 Å². The fourth-order valence-corrected chi connectivity index (χ4v) is 1.72. The third-order valence-electron chi connectivity index (χ3n) is 3.30. The zero-order chi connectivity index (χ0) is 11.3. The van der Waals surface area contributed by atoms with Gasteiger partial charge in [0.25, 0.3) is 0 Å². The van der Waals surface area contributed by atoms with E-state index in [0.29, 0.717) is 0 Å². The normalized spacial score (nSPS) is 19.9. The number of hydrogen-bond acceptors (Lipinski definition) is 2. The van der Waals surface area contributed by atoms with Gasteiger partial charge in [0.2, 0.25) is 5.91 Å². The van der Waals surface area contributed by atoms with Crippen LogP contribution in [-0.2, 0) is 4.79 Å². The standard InChI is InChI=1S/C12H24N2O/c1-3-4-5-8-12(2,11(13)15)14-9-10-6-7-10/h10,14H,3-9H2,1-2H3,(H2,13,15). The summed E-state index contributed by atoms with van der Waals surface area (Å²) in [4.78, 5) is 11.4. The van der Waals surface area contributed by atoms with E-state index in [1.54, 1.807) is 0 Å². The molecule has 0 spiro atoms. The third kappa shape index (κ3) is 4.20. The van der Waals surface area contributed by atoms with Crippen LogP contribution in [0.3, 0.4) is 0 Å². The number of nitrogens with two attached hydrogens (primary N) is 1. The summed E-state index contributed by atoms with van der Waals surface area (Å²) in [5.74, 6) is 0.578. The summed E-state index contributed by atoms with van der Waals surface area (Å²) in [5.41, 5.74) is 4.97. The smallest absolute Gasteiger partial charge is 0.237 e. The lowest BCUT2D eigenvalue weighted by Gasteiger charge is -2.27. The minimum Gasteiger partial charge on any atom is -0.368 e. The van der Waals surface area contributed by atoms with Gasteiger partial charge in [0.1, 0.15) is 0 Å². The summed E-state index contributed by atoms with van der Waals surface area (Å²) in [7, 11) is 0. The molecule has 0 aliphatic heterocycles. The number of nitrogens with one attached hydrogen (secondary N) is 1. The van der Waals surface area contributed by atoms with Crippen molar-refractivity contribution in [2.75, 3.05) is 6.54 Å². The van der Waals surface area contributed by atoms with Crippen LogP contribution in [0.2, 0.25) is 0 Å². The molecule has 1 atom stereocenters. The van der Waals surface area contributed by atoms with Gasteiger partial charge >= 0.3 is 0 Å². The van der Waals surface area contributed by atoms with Gasteiger partial charge in [-0.05, 0) is 38.6 Å². The Balaban J connectivity index is 2.33. The fraction of sp³-hybridized carbons (Fsp3) is 0.917. The van der Waals surface area contributed by atoms with E-state index in [0.717, 1.165) is 25.3 Å². The van der Waals surface area contributed by atoms with Gasteiger partial charge in [-0.2, -0.15) is 0 Å². The molecule has 3 nitrogen and oxygen atoms in total. The summed E-state index contributed by atoms with van der Waals surface area (Å²) in [5, 5.41) is 3.34. The molecular weight excluding hydrogens is 188 g/mol. The highest BCUT2D eigenvalue weighted by Gasteiger charge is 2.32. The Morgan fingerprint density at radius 2 is 2.13 bits per heavy atom. The maximum atomic E-state index is 11.4. The summed E-state index contributed by atoms with van der Waals surface area (Å²) < 4.78 is 0. The van der Waals surface area contributed by atoms with Gasteiger partial charge in [-0.25, -0.2) is 0 Å². The van der Waals surface area contributed by atoms with Crippen LogP contribution in [0, 0.1) is 5.92 Å². The van der Waals surface area contributed by atoms with Crippen molar-refractivity contribution >= 4 is 5.91 Å². The first-order chi connectivity index (χ1) is 7.08. The molecule has 1 aliphatic rings. The number of hydrogen-bond donors (Lipinski definition) is 2. The lowest BCUT2D eigenvalue weighted by Crippen LogP contribution is -2.53. The molecule has 0 bridgehead atoms. The minimum atomic E-state index is -0.488. The zero-order valence-corrected chi connectivity index (χ0v) is 10.0. The van der Waals surface area contributed by atoms with E-state index in [9.17, 15) is 4.79 Å². The van der Waals surface area contributed by atoms with Crippen molar-refractivity contribution in [2.24, 2.45) is 11.7 Å². The maximum Gasteiger partial charge on any atom is 0.237 e. The average molecular weight is 212 g/mol. The van der Waals surface area contributed by atoms with Crippen molar-refractivity contribution in [2.45, 2.75) is 57.9 Å². The quantitative estimate of drug-likeness (QED) is 0.603. The van der Waals surface area contributed by atoms with E-state index < -0.39 is 5.54 Å². The third-order valence-corrected chi connectivity index (χ3v) is 3.30. The molecule has 3 N–H and O–H groups in total. The predicted octanol–water partition coefficient (Wildman–Crippen LogP) is 1.81. The Kier molecular flexibility index (Phi) is 4.58. The second-order valence-corrected chi connectivity index (χ2v) is 4.98. The molecule has 1 saturated carbocycles. The number of carbonyl (C=O) groups is 1. The highest BCUT2D eigenvalue weighted by molar-refractivity contribution is 5.84. The summed E-state index contributed by atoms with van der Waals surface area (Å²) >= 11 is 0. The van der Waals surface area contributed by atoms with Gasteiger partial charge in [0, 0.05) is 0 Å². The molecule has 0 saturated heterocycles. The number of primary amides is 1. The van der Waals surface area contributed by atoms with Crippen LogP contribution >= 0.6 is 0 Å². The molecule has 88 valence electrons. The van der Waals surface area contributed by atoms with Crippen LogP contribution in [0.4, 0.5) is 0 Å². The molecule has 15 heavy (non-hydrogen) atoms. The molecule has 0 heterocycles. The van der Waals surface area contributed by atoms with Crippen LogP contribution in [0.25, 0.3) is 0 Å². The number of unbranched alkanes of at least 4 members (excludes halogenated alkanes) is 2. The average Bonchev–Trinajstić information content (AvgIpc) is 2.98. The van der Waals surface area contributed by atoms with E-state index in [1.807, 2.05) is 6.92 Å². The van der Waals surface area contributed by atoms with E-state index in [-0.39, 0.29) is 5.91 Å². The number of amides is 1. The SMILES string of the molecule is CCCCCC(C)(NCC1CC1)C(N)=O. The summed E-state index contributed by atoms with van der Waals surface area (Å²) in [6, 6.07) is 0. The van der Waals surface area contributed by atoms with Gasteiger partial charge in [-0.15, -0.1) is 0 Å². The van der Waals surface area contributed by atoms with Crippen LogP contribution < -0.4 is 11.1 Å². The zero-order valence-electron chi connectivity index (χ0n) is 10.0. The first-order valence-corrected chi connectivity index (χ1v) is 6.13. The minimum absolute atomic E-state index is 0.209. The van der Waals surface area contributed by atoms with Gasteiger partial charge in [-0.3, -0.25) is 4.79 Å². The largest absolute Gasteiger partial charge is 0.368 e.